The van der Waals surface area contributed by atoms with Crippen LogP contribution in [0.5, 0.6) is 0 Å². The van der Waals surface area contributed by atoms with Crippen LogP contribution in [0.4, 0.5) is 10.5 Å². The molecule has 1 rings (SSSR count). The maximum Gasteiger partial charge on any atom is 0.412 e. The lowest BCUT2D eigenvalue weighted by molar-refractivity contribution is 0.0635. The van der Waals surface area contributed by atoms with E-state index in [4.69, 9.17) is 4.74 Å². The lowest BCUT2D eigenvalue weighted by atomic mass is 10.2. The highest BCUT2D eigenvalue weighted by molar-refractivity contribution is 5.85. The summed E-state index contributed by atoms with van der Waals surface area (Å²) in [6.07, 6.45) is 1.07. The predicted octanol–water partition coefficient (Wildman–Crippen LogP) is 2.44. The molecule has 0 aliphatic carbocycles. The molecule has 5 nitrogen and oxygen atoms in total. The Morgan fingerprint density at radius 1 is 1.38 bits per heavy atom. The van der Waals surface area contributed by atoms with E-state index in [-0.39, 0.29) is 0 Å². The van der Waals surface area contributed by atoms with E-state index in [1.807, 2.05) is 20.8 Å². The molecule has 1 heterocycles. The molecule has 0 aliphatic rings. The van der Waals surface area contributed by atoms with Crippen molar-refractivity contribution in [1.29, 1.82) is 0 Å². The zero-order valence-corrected chi connectivity index (χ0v) is 10.3. The van der Waals surface area contributed by atoms with Crippen LogP contribution in [0, 0.1) is 13.8 Å². The number of rotatable bonds is 1. The third kappa shape index (κ3) is 3.84. The van der Waals surface area contributed by atoms with Crippen LogP contribution in [0.15, 0.2) is 6.20 Å². The van der Waals surface area contributed by atoms with Crippen molar-refractivity contribution in [3.05, 3.63) is 17.7 Å². The number of carbonyl (C=O) groups is 1. The summed E-state index contributed by atoms with van der Waals surface area (Å²) < 4.78 is 5.12. The zero-order valence-electron chi connectivity index (χ0n) is 10.3. The van der Waals surface area contributed by atoms with Crippen molar-refractivity contribution < 1.29 is 9.53 Å². The molecule has 5 heteroatoms. The van der Waals surface area contributed by atoms with Crippen LogP contribution in [-0.2, 0) is 4.74 Å². The van der Waals surface area contributed by atoms with Crippen LogP contribution in [-0.4, -0.2) is 21.7 Å². The molecule has 0 bridgehead atoms. The quantitative estimate of drug-likeness (QED) is 0.794. The Bertz CT molecular complexity index is 397. The van der Waals surface area contributed by atoms with Crippen molar-refractivity contribution in [3.8, 4) is 0 Å². The molecule has 0 aliphatic heterocycles. The number of carbonyl (C=O) groups excluding carboxylic acids is 1. The number of aryl methyl sites for hydroxylation is 2. The van der Waals surface area contributed by atoms with E-state index in [9.17, 15) is 4.79 Å². The van der Waals surface area contributed by atoms with Crippen LogP contribution in [0.3, 0.4) is 0 Å². The molecule has 0 radical (unpaired) electrons. The fourth-order valence-corrected chi connectivity index (χ4v) is 1.12. The summed E-state index contributed by atoms with van der Waals surface area (Å²) in [4.78, 5) is 19.6. The smallest absolute Gasteiger partial charge is 0.412 e. The van der Waals surface area contributed by atoms with Gasteiger partial charge < -0.3 is 4.74 Å². The Hall–Kier alpha value is -1.65. The third-order valence-corrected chi connectivity index (χ3v) is 1.74. The van der Waals surface area contributed by atoms with Gasteiger partial charge in [0.15, 0.2) is 0 Å². The van der Waals surface area contributed by atoms with Crippen molar-refractivity contribution in [1.82, 2.24) is 9.97 Å². The topological polar surface area (TPSA) is 64.1 Å². The summed E-state index contributed by atoms with van der Waals surface area (Å²) in [5, 5.41) is 2.61. The summed E-state index contributed by atoms with van der Waals surface area (Å²) >= 11 is 0. The molecule has 0 aromatic carbocycles. The Morgan fingerprint density at radius 3 is 2.50 bits per heavy atom. The molecule has 0 atom stereocenters. The minimum Gasteiger partial charge on any atom is -0.444 e. The molecule has 0 saturated heterocycles. The average Bonchev–Trinajstić information content (AvgIpc) is 2.06. The first-order chi connectivity index (χ1) is 7.28. The van der Waals surface area contributed by atoms with Gasteiger partial charge in [0, 0.05) is 0 Å². The molecule has 88 valence electrons. The van der Waals surface area contributed by atoms with Gasteiger partial charge in [0.2, 0.25) is 0 Å². The van der Waals surface area contributed by atoms with Gasteiger partial charge in [0.05, 0.1) is 17.6 Å². The molecule has 1 aromatic rings. The van der Waals surface area contributed by atoms with Crippen molar-refractivity contribution >= 4 is 11.8 Å². The van der Waals surface area contributed by atoms with Gasteiger partial charge in [-0.15, -0.1) is 0 Å². The summed E-state index contributed by atoms with van der Waals surface area (Å²) in [5.41, 5.74) is 0.780. The second-order valence-corrected chi connectivity index (χ2v) is 4.54. The first-order valence-corrected chi connectivity index (χ1v) is 5.08. The number of aromatic nitrogens is 2. The first-order valence-electron chi connectivity index (χ1n) is 5.08. The highest BCUT2D eigenvalue weighted by Crippen LogP contribution is 2.13. The third-order valence-electron chi connectivity index (χ3n) is 1.74. The number of ether oxygens (including phenoxy) is 1. The molecule has 0 spiro atoms. The minimum absolute atomic E-state index is 0.497. The number of hydrogen-bond donors (Lipinski definition) is 1. The van der Waals surface area contributed by atoms with Gasteiger partial charge in [-0.1, -0.05) is 0 Å². The van der Waals surface area contributed by atoms with Gasteiger partial charge in [-0.2, -0.15) is 0 Å². The largest absolute Gasteiger partial charge is 0.444 e. The molecule has 0 unspecified atom stereocenters. The van der Waals surface area contributed by atoms with Crippen LogP contribution < -0.4 is 5.32 Å². The Balaban J connectivity index is 2.70. The van der Waals surface area contributed by atoms with E-state index >= 15 is 0 Å². The lowest BCUT2D eigenvalue weighted by Gasteiger charge is -2.19. The normalized spacial score (nSPS) is 11.1. The maximum atomic E-state index is 11.5. The maximum absolute atomic E-state index is 11.5. The van der Waals surface area contributed by atoms with Crippen LogP contribution in [0.1, 0.15) is 32.3 Å². The van der Waals surface area contributed by atoms with E-state index in [0.717, 1.165) is 5.69 Å². The van der Waals surface area contributed by atoms with Crippen molar-refractivity contribution in [2.75, 3.05) is 5.32 Å². The summed E-state index contributed by atoms with van der Waals surface area (Å²) in [7, 11) is 0. The molecule has 1 amide bonds. The Morgan fingerprint density at radius 2 is 2.00 bits per heavy atom. The van der Waals surface area contributed by atoms with Crippen molar-refractivity contribution in [2.24, 2.45) is 0 Å². The fourth-order valence-electron chi connectivity index (χ4n) is 1.12. The molecular weight excluding hydrogens is 206 g/mol. The SMILES string of the molecule is Cc1ncc(NC(=O)OC(C)(C)C)c(C)n1. The second kappa shape index (κ2) is 4.47. The van der Waals surface area contributed by atoms with Gasteiger partial charge >= 0.3 is 6.09 Å². The highest BCUT2D eigenvalue weighted by Gasteiger charge is 2.16. The number of anilines is 1. The van der Waals surface area contributed by atoms with E-state index in [1.54, 1.807) is 20.0 Å². The summed E-state index contributed by atoms with van der Waals surface area (Å²) in [6, 6.07) is 0. The fraction of sp³-hybridized carbons (Fsp3) is 0.545. The van der Waals surface area contributed by atoms with E-state index < -0.39 is 11.7 Å². The number of nitrogens with zero attached hydrogens (tertiary/aromatic N) is 2. The molecule has 1 aromatic heterocycles. The first kappa shape index (κ1) is 12.4. The van der Waals surface area contributed by atoms with Gasteiger partial charge in [0.25, 0.3) is 0 Å². The highest BCUT2D eigenvalue weighted by atomic mass is 16.6. The van der Waals surface area contributed by atoms with Gasteiger partial charge in [-0.25, -0.2) is 14.8 Å². The van der Waals surface area contributed by atoms with Gasteiger partial charge in [0.1, 0.15) is 11.4 Å². The minimum atomic E-state index is -0.510. The van der Waals surface area contributed by atoms with Gasteiger partial charge in [-0.3, -0.25) is 5.32 Å². The molecule has 0 fully saturated rings. The lowest BCUT2D eigenvalue weighted by Crippen LogP contribution is -2.27. The van der Waals surface area contributed by atoms with E-state index in [0.29, 0.717) is 11.5 Å². The molecule has 0 saturated carbocycles. The van der Waals surface area contributed by atoms with Crippen molar-refractivity contribution in [3.63, 3.8) is 0 Å². The molecular formula is C11H17N3O2. The predicted molar refractivity (Wildman–Crippen MR) is 61.4 cm³/mol. The van der Waals surface area contributed by atoms with Gasteiger partial charge in [-0.05, 0) is 34.6 Å². The summed E-state index contributed by atoms with van der Waals surface area (Å²) in [5.74, 6) is 0.673. The second-order valence-electron chi connectivity index (χ2n) is 4.54. The monoisotopic (exact) mass is 223 g/mol. The van der Waals surface area contributed by atoms with Crippen molar-refractivity contribution in [2.45, 2.75) is 40.2 Å². The number of amides is 1. The van der Waals surface area contributed by atoms with Crippen LogP contribution in [0.2, 0.25) is 0 Å². The molecule has 1 N–H and O–H groups in total. The standard InChI is InChI=1S/C11H17N3O2/c1-7-9(6-12-8(2)13-7)14-10(15)16-11(3,4)5/h6H,1-5H3,(H,14,15). The Labute approximate surface area is 95.3 Å². The van der Waals surface area contributed by atoms with Crippen LogP contribution >= 0.6 is 0 Å². The number of nitrogens with one attached hydrogen (secondary N) is 1. The summed E-state index contributed by atoms with van der Waals surface area (Å²) in [6.45, 7) is 9.03. The average molecular weight is 223 g/mol. The van der Waals surface area contributed by atoms with Crippen LogP contribution in [0.25, 0.3) is 0 Å². The zero-order chi connectivity index (χ0) is 12.3. The number of hydrogen-bond acceptors (Lipinski definition) is 4. The van der Waals surface area contributed by atoms with E-state index in [2.05, 4.69) is 15.3 Å². The Kier molecular flexibility index (Phi) is 3.47. The van der Waals surface area contributed by atoms with E-state index in [1.165, 1.54) is 0 Å². The molecule has 16 heavy (non-hydrogen) atoms.